The van der Waals surface area contributed by atoms with Gasteiger partial charge in [0.25, 0.3) is 0 Å². The average molecular weight is 286 g/mol. The molecule has 21 heavy (non-hydrogen) atoms. The second kappa shape index (κ2) is 7.55. The van der Waals surface area contributed by atoms with E-state index in [9.17, 15) is 9.18 Å². The Morgan fingerprint density at radius 2 is 1.81 bits per heavy atom. The average Bonchev–Trinajstić information content (AvgIpc) is 2.51. The summed E-state index contributed by atoms with van der Waals surface area (Å²) in [5.41, 5.74) is 7.75. The number of nitrogens with one attached hydrogen (secondary N) is 1. The van der Waals surface area contributed by atoms with Gasteiger partial charge in [0.05, 0.1) is 6.04 Å². The summed E-state index contributed by atoms with van der Waals surface area (Å²) in [6.07, 6.45) is 1.34. The molecule has 0 radical (unpaired) electrons. The number of halogens is 1. The zero-order valence-corrected chi connectivity index (χ0v) is 11.8. The molecule has 2 aromatic carbocycles. The number of amides is 1. The second-order valence-electron chi connectivity index (χ2n) is 4.98. The van der Waals surface area contributed by atoms with Crippen molar-refractivity contribution in [1.29, 1.82) is 0 Å². The summed E-state index contributed by atoms with van der Waals surface area (Å²) in [7, 11) is 0. The number of hydrogen-bond donors (Lipinski definition) is 2. The first kappa shape index (κ1) is 15.2. The second-order valence-corrected chi connectivity index (χ2v) is 4.98. The van der Waals surface area contributed by atoms with E-state index in [2.05, 4.69) is 5.32 Å². The Morgan fingerprint density at radius 1 is 1.10 bits per heavy atom. The van der Waals surface area contributed by atoms with Gasteiger partial charge in [0.1, 0.15) is 5.82 Å². The minimum Gasteiger partial charge on any atom is -0.351 e. The summed E-state index contributed by atoms with van der Waals surface area (Å²) < 4.78 is 13.0. The van der Waals surface area contributed by atoms with Crippen molar-refractivity contribution in [3.05, 3.63) is 71.5 Å². The van der Waals surface area contributed by atoms with Crippen molar-refractivity contribution < 1.29 is 9.18 Å². The van der Waals surface area contributed by atoms with Gasteiger partial charge >= 0.3 is 0 Å². The first-order valence-corrected chi connectivity index (χ1v) is 6.97. The fourth-order valence-electron chi connectivity index (χ4n) is 2.07. The van der Waals surface area contributed by atoms with Crippen molar-refractivity contribution in [1.82, 2.24) is 5.32 Å². The third-order valence-corrected chi connectivity index (χ3v) is 3.28. The van der Waals surface area contributed by atoms with Gasteiger partial charge in [0, 0.05) is 6.54 Å². The molecule has 0 saturated carbocycles. The van der Waals surface area contributed by atoms with Gasteiger partial charge in [-0.05, 0) is 36.1 Å². The lowest BCUT2D eigenvalue weighted by Gasteiger charge is -2.12. The Hall–Kier alpha value is -2.20. The predicted octanol–water partition coefficient (Wildman–Crippen LogP) is 2.40. The minimum absolute atomic E-state index is 0.213. The quantitative estimate of drug-likeness (QED) is 0.856. The van der Waals surface area contributed by atoms with E-state index < -0.39 is 6.04 Å². The Balaban J connectivity index is 1.77. The van der Waals surface area contributed by atoms with E-state index in [-0.39, 0.29) is 18.3 Å². The summed E-state index contributed by atoms with van der Waals surface area (Å²) in [5.74, 6) is -0.523. The molecule has 0 saturated heterocycles. The normalized spacial score (nSPS) is 11.9. The maximum absolute atomic E-state index is 13.0. The van der Waals surface area contributed by atoms with Gasteiger partial charge in [0.15, 0.2) is 0 Å². The van der Waals surface area contributed by atoms with E-state index >= 15 is 0 Å². The molecule has 0 fully saturated rings. The molecule has 0 spiro atoms. The molecule has 0 bridgehead atoms. The zero-order valence-electron chi connectivity index (χ0n) is 11.8. The van der Waals surface area contributed by atoms with Crippen LogP contribution in [0.4, 0.5) is 4.39 Å². The van der Waals surface area contributed by atoms with Gasteiger partial charge < -0.3 is 11.1 Å². The Kier molecular flexibility index (Phi) is 5.46. The lowest BCUT2D eigenvalue weighted by Crippen LogP contribution is -2.40. The standard InChI is InChI=1S/C17H19FN2O/c18-15-8-4-7-14(11-15)12-20-17(21)16(19)10-9-13-5-2-1-3-6-13/h1-8,11,16H,9-10,12,19H2,(H,20,21). The van der Waals surface area contributed by atoms with Gasteiger partial charge in [-0.15, -0.1) is 0 Å². The monoisotopic (exact) mass is 286 g/mol. The van der Waals surface area contributed by atoms with Crippen molar-refractivity contribution in [2.45, 2.75) is 25.4 Å². The van der Waals surface area contributed by atoms with Crippen LogP contribution in [0.3, 0.4) is 0 Å². The van der Waals surface area contributed by atoms with Crippen LogP contribution < -0.4 is 11.1 Å². The highest BCUT2D eigenvalue weighted by Crippen LogP contribution is 2.05. The smallest absolute Gasteiger partial charge is 0.237 e. The molecule has 1 unspecified atom stereocenters. The molecule has 2 aromatic rings. The van der Waals surface area contributed by atoms with Crippen molar-refractivity contribution >= 4 is 5.91 Å². The molecule has 0 aromatic heterocycles. The largest absolute Gasteiger partial charge is 0.351 e. The molecule has 0 aliphatic heterocycles. The number of benzene rings is 2. The van der Waals surface area contributed by atoms with E-state index in [0.717, 1.165) is 17.5 Å². The lowest BCUT2D eigenvalue weighted by atomic mass is 10.1. The first-order valence-electron chi connectivity index (χ1n) is 6.97. The molecular weight excluding hydrogens is 267 g/mol. The van der Waals surface area contributed by atoms with E-state index in [1.165, 1.54) is 12.1 Å². The maximum atomic E-state index is 13.0. The summed E-state index contributed by atoms with van der Waals surface area (Å²) in [4.78, 5) is 11.9. The Bertz CT molecular complexity index is 586. The molecule has 1 amide bonds. The molecular formula is C17H19FN2O. The Labute approximate surface area is 124 Å². The van der Waals surface area contributed by atoms with Crippen molar-refractivity contribution in [3.63, 3.8) is 0 Å². The third kappa shape index (κ3) is 5.00. The van der Waals surface area contributed by atoms with Crippen LogP contribution in [0.2, 0.25) is 0 Å². The molecule has 0 aliphatic rings. The van der Waals surface area contributed by atoms with Gasteiger partial charge in [-0.2, -0.15) is 0 Å². The van der Waals surface area contributed by atoms with E-state index in [0.29, 0.717) is 6.42 Å². The molecule has 0 aliphatic carbocycles. The Morgan fingerprint density at radius 3 is 2.52 bits per heavy atom. The SMILES string of the molecule is NC(CCc1ccccc1)C(=O)NCc1cccc(F)c1. The molecule has 2 rings (SSSR count). The number of rotatable bonds is 6. The molecule has 3 nitrogen and oxygen atoms in total. The summed E-state index contributed by atoms with van der Waals surface area (Å²) in [6.45, 7) is 0.287. The molecule has 0 heterocycles. The summed E-state index contributed by atoms with van der Waals surface area (Å²) in [5, 5.41) is 2.73. The zero-order chi connectivity index (χ0) is 15.1. The topological polar surface area (TPSA) is 55.1 Å². The van der Waals surface area contributed by atoms with Crippen LogP contribution in [0.25, 0.3) is 0 Å². The fraction of sp³-hybridized carbons (Fsp3) is 0.235. The number of nitrogens with two attached hydrogens (primary N) is 1. The van der Waals surface area contributed by atoms with Crippen LogP contribution in [0, 0.1) is 5.82 Å². The molecule has 3 N–H and O–H groups in total. The number of carbonyl (C=O) groups is 1. The third-order valence-electron chi connectivity index (χ3n) is 3.28. The highest BCUT2D eigenvalue weighted by atomic mass is 19.1. The van der Waals surface area contributed by atoms with Crippen LogP contribution >= 0.6 is 0 Å². The highest BCUT2D eigenvalue weighted by Gasteiger charge is 2.12. The van der Waals surface area contributed by atoms with Crippen LogP contribution in [0.5, 0.6) is 0 Å². The molecule has 110 valence electrons. The lowest BCUT2D eigenvalue weighted by molar-refractivity contribution is -0.122. The fourth-order valence-corrected chi connectivity index (χ4v) is 2.07. The van der Waals surface area contributed by atoms with Gasteiger partial charge in [-0.3, -0.25) is 4.79 Å². The van der Waals surface area contributed by atoms with Gasteiger partial charge in [0.2, 0.25) is 5.91 Å². The van der Waals surface area contributed by atoms with E-state index in [4.69, 9.17) is 5.73 Å². The van der Waals surface area contributed by atoms with Crippen molar-refractivity contribution in [2.75, 3.05) is 0 Å². The molecule has 4 heteroatoms. The van der Waals surface area contributed by atoms with Gasteiger partial charge in [-0.1, -0.05) is 42.5 Å². The predicted molar refractivity (Wildman–Crippen MR) is 81.0 cm³/mol. The molecule has 1 atom stereocenters. The van der Waals surface area contributed by atoms with Crippen molar-refractivity contribution in [3.8, 4) is 0 Å². The van der Waals surface area contributed by atoms with Crippen LogP contribution in [0.1, 0.15) is 17.5 Å². The van der Waals surface area contributed by atoms with Gasteiger partial charge in [-0.25, -0.2) is 4.39 Å². The summed E-state index contributed by atoms with van der Waals surface area (Å²) in [6, 6.07) is 15.5. The van der Waals surface area contributed by atoms with E-state index in [1.807, 2.05) is 30.3 Å². The summed E-state index contributed by atoms with van der Waals surface area (Å²) >= 11 is 0. The van der Waals surface area contributed by atoms with Crippen LogP contribution in [-0.4, -0.2) is 11.9 Å². The first-order chi connectivity index (χ1) is 10.1. The number of aryl methyl sites for hydroxylation is 1. The number of carbonyl (C=O) groups excluding carboxylic acids is 1. The van der Waals surface area contributed by atoms with Crippen LogP contribution in [-0.2, 0) is 17.8 Å². The number of hydrogen-bond acceptors (Lipinski definition) is 2. The minimum atomic E-state index is -0.557. The highest BCUT2D eigenvalue weighted by molar-refractivity contribution is 5.81. The van der Waals surface area contributed by atoms with E-state index in [1.54, 1.807) is 12.1 Å². The maximum Gasteiger partial charge on any atom is 0.237 e. The van der Waals surface area contributed by atoms with Crippen molar-refractivity contribution in [2.24, 2.45) is 5.73 Å². The van der Waals surface area contributed by atoms with Crippen LogP contribution in [0.15, 0.2) is 54.6 Å².